The van der Waals surface area contributed by atoms with E-state index in [0.717, 1.165) is 5.56 Å². The summed E-state index contributed by atoms with van der Waals surface area (Å²) in [6, 6.07) is 21.4. The van der Waals surface area contributed by atoms with Gasteiger partial charge in [-0.1, -0.05) is 54.1 Å². The summed E-state index contributed by atoms with van der Waals surface area (Å²) >= 11 is 0. The average molecular weight is 516 g/mol. The summed E-state index contributed by atoms with van der Waals surface area (Å²) in [5, 5.41) is 11.3. The maximum atomic E-state index is 13.3. The van der Waals surface area contributed by atoms with E-state index in [4.69, 9.17) is 14.2 Å². The minimum absolute atomic E-state index is 0.0171. The van der Waals surface area contributed by atoms with E-state index in [1.54, 1.807) is 30.3 Å². The summed E-state index contributed by atoms with van der Waals surface area (Å²) in [6.07, 6.45) is -0.0605. The number of benzene rings is 3. The molecule has 1 saturated heterocycles. The van der Waals surface area contributed by atoms with Crippen molar-refractivity contribution in [1.29, 1.82) is 0 Å². The minimum atomic E-state index is -0.803. The molecule has 0 spiro atoms. The van der Waals surface area contributed by atoms with E-state index in [2.05, 4.69) is 0 Å². The molecule has 0 aliphatic carbocycles. The molecule has 4 rings (SSSR count). The first-order chi connectivity index (χ1) is 18.3. The zero-order valence-electron chi connectivity index (χ0n) is 22.1. The summed E-state index contributed by atoms with van der Waals surface area (Å²) in [5.74, 6) is -0.541. The van der Waals surface area contributed by atoms with Crippen LogP contribution in [0.15, 0.2) is 78.4 Å². The lowest BCUT2D eigenvalue weighted by molar-refractivity contribution is -0.140. The predicted molar refractivity (Wildman–Crippen MR) is 145 cm³/mol. The van der Waals surface area contributed by atoms with Crippen LogP contribution in [-0.4, -0.2) is 48.1 Å². The Kier molecular flexibility index (Phi) is 8.48. The lowest BCUT2D eigenvalue weighted by Gasteiger charge is -2.25. The second-order valence-electron chi connectivity index (χ2n) is 9.53. The van der Waals surface area contributed by atoms with Gasteiger partial charge >= 0.3 is 0 Å². The van der Waals surface area contributed by atoms with Gasteiger partial charge in [0, 0.05) is 19.2 Å². The Morgan fingerprint density at radius 1 is 0.974 bits per heavy atom. The van der Waals surface area contributed by atoms with Crippen LogP contribution in [0.3, 0.4) is 0 Å². The number of aryl methyl sites for hydroxylation is 1. The van der Waals surface area contributed by atoms with Crippen molar-refractivity contribution in [2.24, 2.45) is 0 Å². The fraction of sp³-hybridized carbons (Fsp3) is 0.290. The van der Waals surface area contributed by atoms with Crippen molar-refractivity contribution in [1.82, 2.24) is 4.90 Å². The summed E-state index contributed by atoms with van der Waals surface area (Å²) < 4.78 is 17.0. The number of aliphatic hydroxyl groups is 1. The SMILES string of the molecule is COCCN1C(=O)C(=O)/C(=C(\O)c2cccc(OC(C)C)c2)C1c1cccc(OCc2ccc(C)cc2)c1. The Balaban J connectivity index is 1.72. The predicted octanol–water partition coefficient (Wildman–Crippen LogP) is 5.43. The van der Waals surface area contributed by atoms with Crippen LogP contribution in [0, 0.1) is 6.92 Å². The molecule has 1 unspecified atom stereocenters. The van der Waals surface area contributed by atoms with Crippen molar-refractivity contribution < 1.29 is 28.9 Å². The minimum Gasteiger partial charge on any atom is -0.507 e. The van der Waals surface area contributed by atoms with E-state index < -0.39 is 17.7 Å². The number of ether oxygens (including phenoxy) is 3. The third-order valence-corrected chi connectivity index (χ3v) is 6.26. The number of carbonyl (C=O) groups is 2. The normalized spacial score (nSPS) is 16.8. The Hall–Kier alpha value is -4.10. The van der Waals surface area contributed by atoms with Crippen LogP contribution >= 0.6 is 0 Å². The van der Waals surface area contributed by atoms with Crippen LogP contribution in [0.1, 0.15) is 42.1 Å². The van der Waals surface area contributed by atoms with Crippen molar-refractivity contribution in [3.05, 3.63) is 101 Å². The third-order valence-electron chi connectivity index (χ3n) is 6.26. The lowest BCUT2D eigenvalue weighted by Crippen LogP contribution is -2.32. The third kappa shape index (κ3) is 6.06. The Labute approximate surface area is 223 Å². The highest BCUT2D eigenvalue weighted by Crippen LogP contribution is 2.40. The molecule has 0 saturated carbocycles. The number of carbonyl (C=O) groups excluding carboxylic acids is 2. The smallest absolute Gasteiger partial charge is 0.295 e. The molecule has 0 radical (unpaired) electrons. The highest BCUT2D eigenvalue weighted by atomic mass is 16.5. The first-order valence-electron chi connectivity index (χ1n) is 12.6. The molecule has 3 aromatic rings. The van der Waals surface area contributed by atoms with Crippen molar-refractivity contribution in [3.8, 4) is 11.5 Å². The van der Waals surface area contributed by atoms with E-state index in [-0.39, 0.29) is 30.6 Å². The van der Waals surface area contributed by atoms with Gasteiger partial charge < -0.3 is 24.2 Å². The molecule has 3 aromatic carbocycles. The average Bonchev–Trinajstić information content (AvgIpc) is 3.16. The highest BCUT2D eigenvalue weighted by molar-refractivity contribution is 6.46. The van der Waals surface area contributed by atoms with Gasteiger partial charge in [-0.05, 0) is 56.2 Å². The second kappa shape index (κ2) is 12.0. The molecular formula is C31H33NO6. The Morgan fingerprint density at radius 3 is 2.39 bits per heavy atom. The number of Topliss-reactive ketones (excluding diaryl/α,β-unsaturated/α-hetero) is 1. The van der Waals surface area contributed by atoms with Crippen LogP contribution in [0.5, 0.6) is 11.5 Å². The van der Waals surface area contributed by atoms with E-state index >= 15 is 0 Å². The first-order valence-corrected chi connectivity index (χ1v) is 12.6. The molecule has 1 aliphatic heterocycles. The van der Waals surface area contributed by atoms with Gasteiger partial charge in [0.2, 0.25) is 0 Å². The maximum absolute atomic E-state index is 13.3. The Bertz CT molecular complexity index is 1330. The molecule has 7 nitrogen and oxygen atoms in total. The molecule has 1 fully saturated rings. The van der Waals surface area contributed by atoms with Crippen LogP contribution in [0.25, 0.3) is 5.76 Å². The van der Waals surface area contributed by atoms with E-state index in [1.807, 2.05) is 63.2 Å². The van der Waals surface area contributed by atoms with Gasteiger partial charge in [-0.3, -0.25) is 9.59 Å². The van der Waals surface area contributed by atoms with E-state index in [0.29, 0.717) is 29.2 Å². The fourth-order valence-electron chi connectivity index (χ4n) is 4.42. The van der Waals surface area contributed by atoms with Gasteiger partial charge in [-0.2, -0.15) is 0 Å². The molecule has 7 heteroatoms. The molecule has 0 aromatic heterocycles. The number of methoxy groups -OCH3 is 1. The molecule has 0 bridgehead atoms. The van der Waals surface area contributed by atoms with E-state index in [1.165, 1.54) is 17.6 Å². The van der Waals surface area contributed by atoms with Crippen molar-refractivity contribution in [2.75, 3.05) is 20.3 Å². The van der Waals surface area contributed by atoms with Gasteiger partial charge in [-0.25, -0.2) is 0 Å². The molecule has 198 valence electrons. The monoisotopic (exact) mass is 515 g/mol. The number of nitrogens with zero attached hydrogens (tertiary/aromatic N) is 1. The van der Waals surface area contributed by atoms with Gasteiger partial charge in [0.1, 0.15) is 23.9 Å². The van der Waals surface area contributed by atoms with Crippen LogP contribution in [-0.2, 0) is 20.9 Å². The number of hydrogen-bond acceptors (Lipinski definition) is 6. The van der Waals surface area contributed by atoms with Crippen LogP contribution in [0.2, 0.25) is 0 Å². The maximum Gasteiger partial charge on any atom is 0.295 e. The number of aliphatic hydroxyl groups excluding tert-OH is 1. The molecule has 1 aliphatic rings. The quantitative estimate of drug-likeness (QED) is 0.220. The topological polar surface area (TPSA) is 85.3 Å². The summed E-state index contributed by atoms with van der Waals surface area (Å²) in [5.41, 5.74) is 3.25. The zero-order valence-corrected chi connectivity index (χ0v) is 22.1. The fourth-order valence-corrected chi connectivity index (χ4v) is 4.42. The van der Waals surface area contributed by atoms with Crippen molar-refractivity contribution >= 4 is 17.4 Å². The summed E-state index contributed by atoms with van der Waals surface area (Å²) in [7, 11) is 1.53. The van der Waals surface area contributed by atoms with Crippen LogP contribution < -0.4 is 9.47 Å². The van der Waals surface area contributed by atoms with Gasteiger partial charge in [0.15, 0.2) is 0 Å². The zero-order chi connectivity index (χ0) is 27.2. The number of hydrogen-bond donors (Lipinski definition) is 1. The van der Waals surface area contributed by atoms with Crippen molar-refractivity contribution in [2.45, 2.75) is 39.5 Å². The Morgan fingerprint density at radius 2 is 1.68 bits per heavy atom. The molecule has 1 N–H and O–H groups in total. The summed E-state index contributed by atoms with van der Waals surface area (Å²) in [6.45, 7) is 6.64. The number of ketones is 1. The summed E-state index contributed by atoms with van der Waals surface area (Å²) in [4.78, 5) is 27.8. The van der Waals surface area contributed by atoms with E-state index in [9.17, 15) is 14.7 Å². The molecule has 1 atom stereocenters. The number of amides is 1. The first kappa shape index (κ1) is 26.9. The standard InChI is InChI=1S/C31H33NO6/c1-20(2)38-26-10-6-8-24(18-26)29(33)27-28(32(15-16-36-4)31(35)30(27)34)23-7-5-9-25(17-23)37-19-22-13-11-21(3)12-14-22/h5-14,17-18,20,28,33H,15-16,19H2,1-4H3/b29-27-. The van der Waals surface area contributed by atoms with Gasteiger partial charge in [0.25, 0.3) is 11.7 Å². The van der Waals surface area contributed by atoms with Gasteiger partial charge in [0.05, 0.1) is 24.3 Å². The highest BCUT2D eigenvalue weighted by Gasteiger charge is 2.46. The molecule has 1 heterocycles. The lowest BCUT2D eigenvalue weighted by atomic mass is 9.95. The molecule has 38 heavy (non-hydrogen) atoms. The molecular weight excluding hydrogens is 482 g/mol. The largest absolute Gasteiger partial charge is 0.507 e. The van der Waals surface area contributed by atoms with Crippen molar-refractivity contribution in [3.63, 3.8) is 0 Å². The van der Waals surface area contributed by atoms with Gasteiger partial charge in [-0.15, -0.1) is 0 Å². The molecule has 1 amide bonds. The number of rotatable bonds is 10. The second-order valence-corrected chi connectivity index (χ2v) is 9.53. The number of likely N-dealkylation sites (tertiary alicyclic amines) is 1. The van der Waals surface area contributed by atoms with Crippen LogP contribution in [0.4, 0.5) is 0 Å².